The third-order valence-electron chi connectivity index (χ3n) is 12.0. The number of hydrogen-bond donors (Lipinski definition) is 4. The minimum atomic E-state index is -0.574. The number of carbonyl (C=O) groups excluding carboxylic acids is 4. The third-order valence-corrected chi connectivity index (χ3v) is 12.6. The highest BCUT2D eigenvalue weighted by Crippen LogP contribution is 2.37. The Morgan fingerprint density at radius 2 is 1.24 bits per heavy atom. The standard InChI is InChI=1S/C22H24ClFN6O3.C17H19ClFN3O.C8H9N5O2/c1-12-19-14(20(30(12)3)21(31)26-13-7-8-16(24)15(23)9-13)5-4-6-17(19)27-22(32)33-10-18-25-11-29(2)28-18;1-9-15-11(4-3-5-14(15)20)16(22(9)2)17(23)21-10-6-7-13(19)12(18)8-10;1-12-6-10-7(11-12)4-15-8(14)13-3-2-9-5-13/h7-9,11,17H,4-6,10H2,1-3H3,(H,26,31)(H,27,32);6-8,14H,3-5,20H2,1-2H3,(H,21,23);2-3,5-6H,4H2,1H3. The number of aromatic nitrogens is 10. The summed E-state index contributed by atoms with van der Waals surface area (Å²) in [7, 11) is 7.15. The topological polar surface area (TPSA) is 238 Å². The van der Waals surface area contributed by atoms with Crippen LogP contribution in [0.2, 0.25) is 10.0 Å². The molecular formula is C47H52Cl2F2N14O6. The van der Waals surface area contributed by atoms with Crippen molar-refractivity contribution >= 4 is 58.6 Å². The first-order chi connectivity index (χ1) is 33.9. The van der Waals surface area contributed by atoms with Gasteiger partial charge in [-0.05, 0) is 111 Å². The normalized spacial score (nSPS) is 14.7. The number of imidazole rings is 1. The van der Waals surface area contributed by atoms with E-state index in [2.05, 4.69) is 41.1 Å². The highest BCUT2D eigenvalue weighted by molar-refractivity contribution is 6.31. The van der Waals surface area contributed by atoms with Gasteiger partial charge in [0.1, 0.15) is 42.0 Å². The number of nitrogens with zero attached hydrogens (tertiary/aromatic N) is 10. The first kappa shape index (κ1) is 51.4. The van der Waals surface area contributed by atoms with Crippen LogP contribution in [-0.4, -0.2) is 72.2 Å². The Morgan fingerprint density at radius 3 is 1.73 bits per heavy atom. The summed E-state index contributed by atoms with van der Waals surface area (Å²) in [5.74, 6) is -0.745. The predicted molar refractivity (Wildman–Crippen MR) is 258 cm³/mol. The molecule has 71 heavy (non-hydrogen) atoms. The number of nitrogens with one attached hydrogen (secondary N) is 3. The fraction of sp³-hybridized carbons (Fsp3) is 0.340. The Kier molecular flexibility index (Phi) is 16.3. The van der Waals surface area contributed by atoms with Crippen LogP contribution in [0.25, 0.3) is 0 Å². The van der Waals surface area contributed by atoms with Crippen molar-refractivity contribution in [1.82, 2.24) is 53.5 Å². The lowest BCUT2D eigenvalue weighted by Gasteiger charge is -2.24. The number of fused-ring (bicyclic) bond motifs is 2. The predicted octanol–water partition coefficient (Wildman–Crippen LogP) is 7.72. The summed E-state index contributed by atoms with van der Waals surface area (Å²) in [6.45, 7) is 3.91. The van der Waals surface area contributed by atoms with Gasteiger partial charge >= 0.3 is 12.2 Å². The lowest BCUT2D eigenvalue weighted by Crippen LogP contribution is -2.31. The van der Waals surface area contributed by atoms with Crippen LogP contribution >= 0.6 is 23.2 Å². The molecule has 2 aliphatic carbocycles. The summed E-state index contributed by atoms with van der Waals surface area (Å²) in [6, 6.07) is 7.86. The van der Waals surface area contributed by atoms with E-state index in [0.717, 1.165) is 65.7 Å². The lowest BCUT2D eigenvalue weighted by molar-refractivity contribution is 0.101. The van der Waals surface area contributed by atoms with E-state index in [1.165, 1.54) is 70.7 Å². The van der Waals surface area contributed by atoms with Gasteiger partial charge < -0.3 is 40.3 Å². The smallest absolute Gasteiger partial charge is 0.419 e. The second kappa shape index (κ2) is 22.5. The largest absolute Gasteiger partial charge is 0.441 e. The van der Waals surface area contributed by atoms with Crippen molar-refractivity contribution in [3.63, 3.8) is 0 Å². The van der Waals surface area contributed by atoms with E-state index in [1.807, 2.05) is 37.1 Å². The molecule has 3 amide bonds. The van der Waals surface area contributed by atoms with E-state index in [-0.39, 0.29) is 47.2 Å². The number of hydrogen-bond acceptors (Lipinski definition) is 12. The number of amides is 3. The van der Waals surface area contributed by atoms with Crippen molar-refractivity contribution in [1.29, 1.82) is 0 Å². The molecule has 2 aliphatic rings. The van der Waals surface area contributed by atoms with Crippen LogP contribution in [0.4, 0.5) is 29.7 Å². The van der Waals surface area contributed by atoms with Gasteiger partial charge in [0.05, 0.1) is 16.1 Å². The summed E-state index contributed by atoms with van der Waals surface area (Å²) in [6.07, 6.45) is 11.4. The Balaban J connectivity index is 0.000000169. The molecule has 0 spiro atoms. The minimum Gasteiger partial charge on any atom is -0.441 e. The second-order valence-electron chi connectivity index (χ2n) is 16.8. The molecule has 0 fully saturated rings. The van der Waals surface area contributed by atoms with Crippen molar-refractivity contribution in [3.05, 3.63) is 146 Å². The van der Waals surface area contributed by atoms with Crippen molar-refractivity contribution < 1.29 is 37.4 Å². The maximum atomic E-state index is 13.4. The summed E-state index contributed by atoms with van der Waals surface area (Å²) in [4.78, 5) is 61.2. The second-order valence-corrected chi connectivity index (χ2v) is 17.6. The van der Waals surface area contributed by atoms with Crippen LogP contribution in [0.15, 0.2) is 67.8 Å². The highest BCUT2D eigenvalue weighted by Gasteiger charge is 2.33. The SMILES string of the molecule is Cc1c2c(c(C(=O)Nc3ccc(F)c(Cl)c3)n1C)CCCC2N.Cc1c2c(c(C(=O)Nc3ccc(F)c(Cl)c3)n1C)CCCC2NC(=O)OCc1ncn(C)n1.Cn1cnc(COC(=O)n2ccnc2)n1. The Hall–Kier alpha value is -7.43. The van der Waals surface area contributed by atoms with Crippen LogP contribution in [0.3, 0.4) is 0 Å². The first-order valence-electron chi connectivity index (χ1n) is 22.3. The fourth-order valence-electron chi connectivity index (χ4n) is 8.56. The summed E-state index contributed by atoms with van der Waals surface area (Å²) in [5, 5.41) is 16.5. The number of alkyl carbamates (subject to hydrolysis) is 1. The van der Waals surface area contributed by atoms with Gasteiger partial charge in [0.25, 0.3) is 11.8 Å². The van der Waals surface area contributed by atoms with E-state index >= 15 is 0 Å². The van der Waals surface area contributed by atoms with Gasteiger partial charge in [-0.1, -0.05) is 23.2 Å². The molecular weight excluding hydrogens is 966 g/mol. The average molecular weight is 1020 g/mol. The molecule has 5 aromatic heterocycles. The number of halogens is 4. The van der Waals surface area contributed by atoms with Gasteiger partial charge in [0.15, 0.2) is 24.9 Å². The van der Waals surface area contributed by atoms with Gasteiger partial charge in [-0.25, -0.2) is 37.9 Å². The third kappa shape index (κ3) is 12.1. The summed E-state index contributed by atoms with van der Waals surface area (Å²) in [5.41, 5.74) is 14.0. The molecule has 9 rings (SSSR count). The number of anilines is 2. The number of rotatable bonds is 9. The van der Waals surface area contributed by atoms with Crippen LogP contribution in [0.1, 0.15) is 104 Å². The Morgan fingerprint density at radius 1 is 0.732 bits per heavy atom. The van der Waals surface area contributed by atoms with Crippen molar-refractivity contribution in [3.8, 4) is 0 Å². The number of ether oxygens (including phenoxy) is 2. The van der Waals surface area contributed by atoms with Crippen LogP contribution in [-0.2, 0) is 63.7 Å². The Labute approximate surface area is 416 Å². The molecule has 374 valence electrons. The van der Waals surface area contributed by atoms with E-state index in [1.54, 1.807) is 25.1 Å². The molecule has 0 saturated carbocycles. The molecule has 0 radical (unpaired) electrons. The Bertz CT molecular complexity index is 3070. The zero-order valence-corrected chi connectivity index (χ0v) is 41.2. The average Bonchev–Trinajstić information content (AvgIpc) is 4.19. The lowest BCUT2D eigenvalue weighted by atomic mass is 9.88. The molecule has 5 N–H and O–H groups in total. The monoisotopic (exact) mass is 1020 g/mol. The van der Waals surface area contributed by atoms with E-state index in [9.17, 15) is 28.0 Å². The van der Waals surface area contributed by atoms with Crippen LogP contribution < -0.4 is 21.7 Å². The highest BCUT2D eigenvalue weighted by atomic mass is 35.5. The zero-order chi connectivity index (χ0) is 51.1. The quantitative estimate of drug-likeness (QED) is 0.109. The van der Waals surface area contributed by atoms with Gasteiger partial charge in [0, 0.05) is 69.4 Å². The molecule has 2 unspecified atom stereocenters. The van der Waals surface area contributed by atoms with Gasteiger partial charge in [0.2, 0.25) is 0 Å². The molecule has 24 heteroatoms. The van der Waals surface area contributed by atoms with Gasteiger partial charge in [-0.3, -0.25) is 19.0 Å². The van der Waals surface area contributed by atoms with Crippen LogP contribution in [0.5, 0.6) is 0 Å². The van der Waals surface area contributed by atoms with E-state index in [4.69, 9.17) is 38.4 Å². The number of carbonyl (C=O) groups is 4. The molecule has 7 aromatic rings. The number of aryl methyl sites for hydroxylation is 2. The maximum absolute atomic E-state index is 13.4. The van der Waals surface area contributed by atoms with E-state index in [0.29, 0.717) is 40.8 Å². The fourth-order valence-corrected chi connectivity index (χ4v) is 8.92. The molecule has 2 aromatic carbocycles. The van der Waals surface area contributed by atoms with Crippen molar-refractivity contribution in [2.75, 3.05) is 10.6 Å². The maximum Gasteiger partial charge on any atom is 0.419 e. The summed E-state index contributed by atoms with van der Waals surface area (Å²) < 4.78 is 44.9. The molecule has 2 atom stereocenters. The first-order valence-corrected chi connectivity index (χ1v) is 23.1. The van der Waals surface area contributed by atoms with Crippen molar-refractivity contribution in [2.45, 2.75) is 77.7 Å². The van der Waals surface area contributed by atoms with Gasteiger partial charge in [-0.15, -0.1) is 0 Å². The molecule has 0 saturated heterocycles. The minimum absolute atomic E-state index is 0.0186. The number of benzene rings is 2. The summed E-state index contributed by atoms with van der Waals surface area (Å²) >= 11 is 11.6. The molecule has 0 bridgehead atoms. The van der Waals surface area contributed by atoms with Gasteiger partial charge in [-0.2, -0.15) is 10.2 Å². The molecule has 5 heterocycles. The van der Waals surface area contributed by atoms with E-state index < -0.39 is 23.8 Å². The zero-order valence-electron chi connectivity index (χ0n) is 39.7. The van der Waals surface area contributed by atoms with Crippen molar-refractivity contribution in [2.24, 2.45) is 33.9 Å². The van der Waals surface area contributed by atoms with Crippen LogP contribution in [0, 0.1) is 25.5 Å². The molecule has 0 aliphatic heterocycles. The molecule has 20 nitrogen and oxygen atoms in total. The number of nitrogens with two attached hydrogens (primary N) is 1.